The Morgan fingerprint density at radius 1 is 1.41 bits per heavy atom. The second-order valence-corrected chi connectivity index (χ2v) is 6.22. The topological polar surface area (TPSA) is 32.3 Å². The van der Waals surface area contributed by atoms with E-state index in [2.05, 4.69) is 5.32 Å². The molecule has 0 spiro atoms. The minimum atomic E-state index is -0.769. The van der Waals surface area contributed by atoms with Crippen LogP contribution in [0.3, 0.4) is 0 Å². The van der Waals surface area contributed by atoms with E-state index in [1.807, 2.05) is 18.4 Å². The van der Waals surface area contributed by atoms with Gasteiger partial charge in [-0.1, -0.05) is 6.92 Å². The van der Waals surface area contributed by atoms with Gasteiger partial charge < -0.3 is 10.2 Å². The van der Waals surface area contributed by atoms with Crippen LogP contribution in [0.15, 0.2) is 29.6 Å². The molecule has 0 bridgehead atoms. The largest absolute Gasteiger partial charge is 0.322 e. The van der Waals surface area contributed by atoms with Crippen molar-refractivity contribution < 1.29 is 13.6 Å². The van der Waals surface area contributed by atoms with Gasteiger partial charge in [-0.15, -0.1) is 11.3 Å². The SMILES string of the molecule is CCC1c2ccsc2CCN1C(=O)Nc1ccc(F)cc1F. The predicted octanol–water partition coefficient (Wildman–Crippen LogP) is 4.57. The number of hydrogen-bond donors (Lipinski definition) is 1. The molecule has 2 aromatic rings. The second-order valence-electron chi connectivity index (χ2n) is 5.22. The van der Waals surface area contributed by atoms with E-state index < -0.39 is 11.6 Å². The maximum atomic E-state index is 13.7. The van der Waals surface area contributed by atoms with Crippen molar-refractivity contribution in [1.82, 2.24) is 4.90 Å². The molecule has 1 aromatic carbocycles. The van der Waals surface area contributed by atoms with Crippen LogP contribution < -0.4 is 5.32 Å². The summed E-state index contributed by atoms with van der Waals surface area (Å²) in [6, 6.07) is 4.83. The van der Waals surface area contributed by atoms with E-state index in [-0.39, 0.29) is 17.8 Å². The Kier molecular flexibility index (Phi) is 4.11. The molecule has 3 nitrogen and oxygen atoms in total. The number of nitrogens with one attached hydrogen (secondary N) is 1. The lowest BCUT2D eigenvalue weighted by molar-refractivity contribution is 0.181. The van der Waals surface area contributed by atoms with Crippen LogP contribution >= 0.6 is 11.3 Å². The van der Waals surface area contributed by atoms with Gasteiger partial charge in [0.05, 0.1) is 11.7 Å². The van der Waals surface area contributed by atoms with Gasteiger partial charge in [-0.25, -0.2) is 13.6 Å². The minimum absolute atomic E-state index is 0.00138. The molecule has 6 heteroatoms. The summed E-state index contributed by atoms with van der Waals surface area (Å²) in [5, 5.41) is 4.58. The monoisotopic (exact) mass is 322 g/mol. The van der Waals surface area contributed by atoms with E-state index in [0.29, 0.717) is 6.54 Å². The smallest absolute Gasteiger partial charge is 0.317 e. The van der Waals surface area contributed by atoms with E-state index in [9.17, 15) is 13.6 Å². The van der Waals surface area contributed by atoms with Gasteiger partial charge in [0, 0.05) is 17.5 Å². The first-order valence-electron chi connectivity index (χ1n) is 7.19. The van der Waals surface area contributed by atoms with Crippen molar-refractivity contribution in [2.75, 3.05) is 11.9 Å². The van der Waals surface area contributed by atoms with Gasteiger partial charge in [0.25, 0.3) is 0 Å². The fourth-order valence-corrected chi connectivity index (χ4v) is 3.79. The Morgan fingerprint density at radius 3 is 2.95 bits per heavy atom. The average molecular weight is 322 g/mol. The van der Waals surface area contributed by atoms with Crippen LogP contribution in [-0.2, 0) is 6.42 Å². The molecule has 0 radical (unpaired) electrons. The van der Waals surface area contributed by atoms with Gasteiger partial charge in [0.1, 0.15) is 11.6 Å². The zero-order valence-electron chi connectivity index (χ0n) is 12.1. The molecule has 116 valence electrons. The Balaban J connectivity index is 1.80. The van der Waals surface area contributed by atoms with Crippen molar-refractivity contribution in [3.63, 3.8) is 0 Å². The van der Waals surface area contributed by atoms with Crippen molar-refractivity contribution >= 4 is 23.1 Å². The molecule has 0 fully saturated rings. The molecule has 1 aromatic heterocycles. The van der Waals surface area contributed by atoms with Crippen molar-refractivity contribution in [2.45, 2.75) is 25.8 Å². The lowest BCUT2D eigenvalue weighted by atomic mass is 9.98. The van der Waals surface area contributed by atoms with E-state index in [1.54, 1.807) is 16.2 Å². The quantitative estimate of drug-likeness (QED) is 0.863. The number of hydrogen-bond acceptors (Lipinski definition) is 2. The van der Waals surface area contributed by atoms with E-state index in [0.717, 1.165) is 25.0 Å². The molecule has 1 unspecified atom stereocenters. The summed E-state index contributed by atoms with van der Waals surface area (Å²) < 4.78 is 26.6. The Bertz CT molecular complexity index is 701. The van der Waals surface area contributed by atoms with Crippen LogP contribution in [0, 0.1) is 11.6 Å². The number of carbonyl (C=O) groups excluding carboxylic acids is 1. The zero-order valence-corrected chi connectivity index (χ0v) is 12.9. The van der Waals surface area contributed by atoms with Crippen LogP contribution in [0.25, 0.3) is 0 Å². The van der Waals surface area contributed by atoms with Crippen LogP contribution in [0.1, 0.15) is 29.8 Å². The molecule has 0 saturated carbocycles. The summed E-state index contributed by atoms with van der Waals surface area (Å²) in [6.07, 6.45) is 1.60. The Hall–Kier alpha value is -1.95. The lowest BCUT2D eigenvalue weighted by Gasteiger charge is -2.35. The molecule has 1 N–H and O–H groups in total. The summed E-state index contributed by atoms with van der Waals surface area (Å²) in [6.45, 7) is 2.62. The second kappa shape index (κ2) is 6.04. The first kappa shape index (κ1) is 15.0. The lowest BCUT2D eigenvalue weighted by Crippen LogP contribution is -2.42. The summed E-state index contributed by atoms with van der Waals surface area (Å²) in [5.74, 6) is -1.43. The molecule has 22 heavy (non-hydrogen) atoms. The molecule has 2 amide bonds. The van der Waals surface area contributed by atoms with Crippen molar-refractivity contribution in [3.8, 4) is 0 Å². The molecule has 1 atom stereocenters. The zero-order chi connectivity index (χ0) is 15.7. The predicted molar refractivity (Wildman–Crippen MR) is 83.1 cm³/mol. The van der Waals surface area contributed by atoms with Gasteiger partial charge in [-0.3, -0.25) is 0 Å². The van der Waals surface area contributed by atoms with E-state index in [4.69, 9.17) is 0 Å². The minimum Gasteiger partial charge on any atom is -0.317 e. The van der Waals surface area contributed by atoms with Crippen molar-refractivity contribution in [1.29, 1.82) is 0 Å². The number of benzene rings is 1. The normalized spacial score (nSPS) is 17.2. The Labute approximate surface area is 131 Å². The molecule has 0 aliphatic carbocycles. The van der Waals surface area contributed by atoms with Crippen molar-refractivity contribution in [2.24, 2.45) is 0 Å². The third kappa shape index (κ3) is 2.70. The molecular formula is C16H16F2N2OS. The molecular weight excluding hydrogens is 306 g/mol. The highest BCUT2D eigenvalue weighted by Gasteiger charge is 2.30. The fourth-order valence-electron chi connectivity index (χ4n) is 2.86. The van der Waals surface area contributed by atoms with Crippen LogP contribution in [0.4, 0.5) is 19.3 Å². The molecule has 1 aliphatic rings. The highest BCUT2D eigenvalue weighted by Crippen LogP contribution is 2.35. The number of halogens is 2. The highest BCUT2D eigenvalue weighted by atomic mass is 32.1. The number of urea groups is 1. The number of amides is 2. The Morgan fingerprint density at radius 2 is 2.23 bits per heavy atom. The van der Waals surface area contributed by atoms with Gasteiger partial charge in [-0.05, 0) is 42.0 Å². The van der Waals surface area contributed by atoms with E-state index >= 15 is 0 Å². The summed E-state index contributed by atoms with van der Waals surface area (Å²) in [5.41, 5.74) is 1.17. The maximum absolute atomic E-state index is 13.7. The third-order valence-corrected chi connectivity index (χ3v) is 4.91. The summed E-state index contributed by atoms with van der Waals surface area (Å²) >= 11 is 1.71. The first-order chi connectivity index (χ1) is 10.6. The third-order valence-electron chi connectivity index (χ3n) is 3.92. The first-order valence-corrected chi connectivity index (χ1v) is 8.07. The fraction of sp³-hybridized carbons (Fsp3) is 0.312. The maximum Gasteiger partial charge on any atom is 0.322 e. The van der Waals surface area contributed by atoms with Gasteiger partial charge >= 0.3 is 6.03 Å². The molecule has 2 heterocycles. The number of carbonyl (C=O) groups is 1. The van der Waals surface area contributed by atoms with Gasteiger partial charge in [0.15, 0.2) is 0 Å². The highest BCUT2D eigenvalue weighted by molar-refractivity contribution is 7.10. The standard InChI is InChI=1S/C16H16F2N2OS/c1-2-14-11-6-8-22-15(11)5-7-20(14)16(21)19-13-4-3-10(17)9-12(13)18/h3-4,6,8-9,14H,2,5,7H2,1H3,(H,19,21). The number of thiophene rings is 1. The summed E-state index contributed by atoms with van der Waals surface area (Å²) in [4.78, 5) is 15.5. The molecule has 1 aliphatic heterocycles. The van der Waals surface area contributed by atoms with Crippen molar-refractivity contribution in [3.05, 3.63) is 51.7 Å². The number of rotatable bonds is 2. The van der Waals surface area contributed by atoms with Crippen LogP contribution in [0.2, 0.25) is 0 Å². The van der Waals surface area contributed by atoms with Gasteiger partial charge in [0.2, 0.25) is 0 Å². The summed E-state index contributed by atoms with van der Waals surface area (Å²) in [7, 11) is 0. The number of fused-ring (bicyclic) bond motifs is 1. The van der Waals surface area contributed by atoms with Crippen LogP contribution in [-0.4, -0.2) is 17.5 Å². The van der Waals surface area contributed by atoms with E-state index in [1.165, 1.54) is 16.5 Å². The van der Waals surface area contributed by atoms with Gasteiger partial charge in [-0.2, -0.15) is 0 Å². The van der Waals surface area contributed by atoms with Crippen LogP contribution in [0.5, 0.6) is 0 Å². The average Bonchev–Trinajstić information content (AvgIpc) is 2.97. The number of nitrogens with zero attached hydrogens (tertiary/aromatic N) is 1. The molecule has 0 saturated heterocycles. The molecule has 3 rings (SSSR count). The number of anilines is 1.